The molecule has 1 saturated heterocycles. The molecule has 0 unspecified atom stereocenters. The monoisotopic (exact) mass is 397 g/mol. The normalized spacial score (nSPS) is 16.3. The third kappa shape index (κ3) is 5.29. The third-order valence-electron chi connectivity index (χ3n) is 4.64. The van der Waals surface area contributed by atoms with Gasteiger partial charge in [-0.3, -0.25) is 4.79 Å². The van der Waals surface area contributed by atoms with Gasteiger partial charge in [-0.2, -0.15) is 4.31 Å². The summed E-state index contributed by atoms with van der Waals surface area (Å²) in [4.78, 5) is 23.9. The van der Waals surface area contributed by atoms with E-state index in [0.29, 0.717) is 25.4 Å². The van der Waals surface area contributed by atoms with Gasteiger partial charge in [-0.25, -0.2) is 13.2 Å². The second-order valence-electron chi connectivity index (χ2n) is 7.02. The van der Waals surface area contributed by atoms with E-state index in [0.717, 1.165) is 6.42 Å². The summed E-state index contributed by atoms with van der Waals surface area (Å²) in [6.45, 7) is 4.93. The van der Waals surface area contributed by atoms with Crippen LogP contribution in [0.25, 0.3) is 0 Å². The van der Waals surface area contributed by atoms with Crippen molar-refractivity contribution in [2.75, 3.05) is 26.8 Å². The molecule has 1 aliphatic heterocycles. The van der Waals surface area contributed by atoms with Gasteiger partial charge in [0.2, 0.25) is 10.0 Å². The van der Waals surface area contributed by atoms with Crippen molar-refractivity contribution >= 4 is 22.0 Å². The summed E-state index contributed by atoms with van der Waals surface area (Å²) in [5, 5.41) is 0. The molecule has 7 nitrogen and oxygen atoms in total. The first-order valence-electron chi connectivity index (χ1n) is 9.11. The van der Waals surface area contributed by atoms with Crippen LogP contribution in [-0.4, -0.2) is 51.5 Å². The fourth-order valence-corrected chi connectivity index (χ4v) is 4.60. The van der Waals surface area contributed by atoms with E-state index in [1.165, 1.54) is 23.5 Å². The fraction of sp³-hybridized carbons (Fsp3) is 0.579. The number of nitrogens with zero attached hydrogens (tertiary/aromatic N) is 1. The molecule has 150 valence electrons. The Balaban J connectivity index is 2.03. The Morgan fingerprint density at radius 1 is 1.19 bits per heavy atom. The Hall–Kier alpha value is -1.93. The lowest BCUT2D eigenvalue weighted by atomic mass is 9.98. The van der Waals surface area contributed by atoms with Crippen LogP contribution in [0.2, 0.25) is 0 Å². The molecule has 8 heteroatoms. The maximum absolute atomic E-state index is 13.0. The van der Waals surface area contributed by atoms with Crippen LogP contribution in [0.5, 0.6) is 0 Å². The Kier molecular flexibility index (Phi) is 7.38. The number of carbonyl (C=O) groups excluding carboxylic acids is 2. The molecule has 1 aromatic rings. The van der Waals surface area contributed by atoms with Crippen molar-refractivity contribution in [1.82, 2.24) is 4.31 Å². The van der Waals surface area contributed by atoms with Gasteiger partial charge in [0.05, 0.1) is 30.1 Å². The highest BCUT2D eigenvalue weighted by Crippen LogP contribution is 2.27. The summed E-state index contributed by atoms with van der Waals surface area (Å²) in [6, 6.07) is 5.98. The number of carbonyl (C=O) groups is 2. The minimum Gasteiger partial charge on any atom is -0.465 e. The average Bonchev–Trinajstić information content (AvgIpc) is 2.67. The van der Waals surface area contributed by atoms with E-state index in [1.807, 2.05) is 0 Å². The molecule has 0 amide bonds. The molecular weight excluding hydrogens is 370 g/mol. The number of esters is 2. The minimum atomic E-state index is -3.84. The first-order valence-corrected chi connectivity index (χ1v) is 10.6. The SMILES string of the molecule is COC(=O)c1ccccc1S(=O)(=O)N1CCC(C(=O)OCCC(C)C)CC1. The highest BCUT2D eigenvalue weighted by molar-refractivity contribution is 7.89. The summed E-state index contributed by atoms with van der Waals surface area (Å²) < 4.78 is 37.2. The predicted octanol–water partition coefficient (Wildman–Crippen LogP) is 2.46. The summed E-state index contributed by atoms with van der Waals surface area (Å²) in [5.41, 5.74) is 0.00946. The molecule has 0 aromatic heterocycles. The molecule has 0 atom stereocenters. The predicted molar refractivity (Wildman–Crippen MR) is 99.7 cm³/mol. The molecule has 1 heterocycles. The molecule has 0 aliphatic carbocycles. The van der Waals surface area contributed by atoms with E-state index in [1.54, 1.807) is 12.1 Å². The Labute approximate surface area is 160 Å². The van der Waals surface area contributed by atoms with Crippen LogP contribution in [0.3, 0.4) is 0 Å². The third-order valence-corrected chi connectivity index (χ3v) is 6.59. The number of sulfonamides is 1. The second kappa shape index (κ2) is 9.32. The van der Waals surface area contributed by atoms with Gasteiger partial charge in [0.1, 0.15) is 0 Å². The van der Waals surface area contributed by atoms with Gasteiger partial charge in [0, 0.05) is 13.1 Å². The summed E-state index contributed by atoms with van der Waals surface area (Å²) >= 11 is 0. The van der Waals surface area contributed by atoms with Crippen molar-refractivity contribution < 1.29 is 27.5 Å². The summed E-state index contributed by atoms with van der Waals surface area (Å²) in [7, 11) is -2.63. The van der Waals surface area contributed by atoms with E-state index in [2.05, 4.69) is 18.6 Å². The topological polar surface area (TPSA) is 90.0 Å². The molecule has 0 saturated carbocycles. The standard InChI is InChI=1S/C19H27NO6S/c1-14(2)10-13-26-18(21)15-8-11-20(12-9-15)27(23,24)17-7-5-4-6-16(17)19(22)25-3/h4-7,14-15H,8-13H2,1-3H3. The van der Waals surface area contributed by atoms with Crippen LogP contribution in [0, 0.1) is 11.8 Å². The van der Waals surface area contributed by atoms with E-state index < -0.39 is 16.0 Å². The van der Waals surface area contributed by atoms with Crippen molar-refractivity contribution in [2.45, 2.75) is 38.0 Å². The van der Waals surface area contributed by atoms with Crippen LogP contribution < -0.4 is 0 Å². The fourth-order valence-electron chi connectivity index (χ4n) is 2.95. The van der Waals surface area contributed by atoms with Crippen molar-refractivity contribution in [3.63, 3.8) is 0 Å². The number of rotatable bonds is 7. The van der Waals surface area contributed by atoms with Gasteiger partial charge < -0.3 is 9.47 Å². The Bertz CT molecular complexity index is 766. The number of benzene rings is 1. The lowest BCUT2D eigenvalue weighted by Gasteiger charge is -2.30. The number of piperidine rings is 1. The van der Waals surface area contributed by atoms with Gasteiger partial charge in [-0.15, -0.1) is 0 Å². The quantitative estimate of drug-likeness (QED) is 0.657. The second-order valence-corrected chi connectivity index (χ2v) is 8.92. The van der Waals surface area contributed by atoms with Crippen LogP contribution >= 0.6 is 0 Å². The van der Waals surface area contributed by atoms with Crippen LogP contribution in [0.4, 0.5) is 0 Å². The molecular formula is C19H27NO6S. The highest BCUT2D eigenvalue weighted by atomic mass is 32.2. The Morgan fingerprint density at radius 3 is 2.41 bits per heavy atom. The number of hydrogen-bond donors (Lipinski definition) is 0. The smallest absolute Gasteiger partial charge is 0.339 e. The van der Waals surface area contributed by atoms with Crippen molar-refractivity contribution in [3.05, 3.63) is 29.8 Å². The highest BCUT2D eigenvalue weighted by Gasteiger charge is 2.34. The van der Waals surface area contributed by atoms with Gasteiger partial charge >= 0.3 is 11.9 Å². The first kappa shape index (κ1) is 21.4. The minimum absolute atomic E-state index is 0.00946. The largest absolute Gasteiger partial charge is 0.465 e. The molecule has 1 aromatic carbocycles. The number of methoxy groups -OCH3 is 1. The first-order chi connectivity index (χ1) is 12.8. The van der Waals surface area contributed by atoms with E-state index in [4.69, 9.17) is 4.74 Å². The zero-order chi connectivity index (χ0) is 20.0. The van der Waals surface area contributed by atoms with Crippen LogP contribution in [0.15, 0.2) is 29.2 Å². The molecule has 1 fully saturated rings. The molecule has 0 radical (unpaired) electrons. The van der Waals surface area contributed by atoms with Gasteiger partial charge in [-0.05, 0) is 37.3 Å². The summed E-state index contributed by atoms with van der Waals surface area (Å²) in [5.74, 6) is -0.792. The van der Waals surface area contributed by atoms with Gasteiger partial charge in [-0.1, -0.05) is 26.0 Å². The van der Waals surface area contributed by atoms with Crippen LogP contribution in [0.1, 0.15) is 43.5 Å². The molecule has 0 bridgehead atoms. The molecule has 1 aliphatic rings. The average molecular weight is 397 g/mol. The lowest BCUT2D eigenvalue weighted by Crippen LogP contribution is -2.41. The van der Waals surface area contributed by atoms with Crippen molar-refractivity contribution in [1.29, 1.82) is 0 Å². The van der Waals surface area contributed by atoms with Crippen molar-refractivity contribution in [2.24, 2.45) is 11.8 Å². The Morgan fingerprint density at radius 2 is 1.81 bits per heavy atom. The maximum Gasteiger partial charge on any atom is 0.339 e. The maximum atomic E-state index is 13.0. The van der Waals surface area contributed by atoms with Gasteiger partial charge in [0.15, 0.2) is 0 Å². The number of hydrogen-bond acceptors (Lipinski definition) is 6. The van der Waals surface area contributed by atoms with E-state index >= 15 is 0 Å². The zero-order valence-corrected chi connectivity index (χ0v) is 16.8. The van der Waals surface area contributed by atoms with Crippen molar-refractivity contribution in [3.8, 4) is 0 Å². The van der Waals surface area contributed by atoms with E-state index in [9.17, 15) is 18.0 Å². The van der Waals surface area contributed by atoms with Gasteiger partial charge in [0.25, 0.3) is 0 Å². The van der Waals surface area contributed by atoms with Crippen LogP contribution in [-0.2, 0) is 24.3 Å². The summed E-state index contributed by atoms with van der Waals surface area (Å²) in [6.07, 6.45) is 1.61. The zero-order valence-electron chi connectivity index (χ0n) is 16.0. The molecule has 27 heavy (non-hydrogen) atoms. The van der Waals surface area contributed by atoms with E-state index in [-0.39, 0.29) is 35.4 Å². The molecule has 2 rings (SSSR count). The lowest BCUT2D eigenvalue weighted by molar-refractivity contribution is -0.150. The number of ether oxygens (including phenoxy) is 2. The molecule has 0 N–H and O–H groups in total. The molecule has 0 spiro atoms.